The monoisotopic (exact) mass is 415 g/mol. The predicted molar refractivity (Wildman–Crippen MR) is 116 cm³/mol. The van der Waals surface area contributed by atoms with Crippen LogP contribution < -0.4 is 5.32 Å². The lowest BCUT2D eigenvalue weighted by Crippen LogP contribution is -2.46. The van der Waals surface area contributed by atoms with Gasteiger partial charge in [-0.3, -0.25) is 9.69 Å². The lowest BCUT2D eigenvalue weighted by Gasteiger charge is -2.38. The van der Waals surface area contributed by atoms with Crippen molar-refractivity contribution < 1.29 is 9.21 Å². The van der Waals surface area contributed by atoms with E-state index in [1.54, 1.807) is 34.8 Å². The predicted octanol–water partition coefficient (Wildman–Crippen LogP) is 4.55. The van der Waals surface area contributed by atoms with E-state index >= 15 is 0 Å². The quantitative estimate of drug-likeness (QED) is 0.641. The van der Waals surface area contributed by atoms with Crippen molar-refractivity contribution in [2.75, 3.05) is 38.5 Å². The molecule has 0 unspecified atom stereocenters. The third kappa shape index (κ3) is 4.07. The van der Waals surface area contributed by atoms with E-state index in [0.717, 1.165) is 37.6 Å². The lowest BCUT2D eigenvalue weighted by molar-refractivity contribution is 0.0996. The molecule has 0 aliphatic carbocycles. The van der Waals surface area contributed by atoms with Gasteiger partial charge in [0.05, 0.1) is 12.3 Å². The summed E-state index contributed by atoms with van der Waals surface area (Å²) in [6.45, 7) is 6.29. The minimum Gasteiger partial charge on any atom is -0.459 e. The molecule has 0 bridgehead atoms. The molecule has 1 atom stereocenters. The zero-order valence-electron chi connectivity index (χ0n) is 16.2. The number of carbonyl (C=O) groups is 1. The summed E-state index contributed by atoms with van der Waals surface area (Å²) in [7, 11) is 2.17. The zero-order chi connectivity index (χ0) is 19.5. The average molecular weight is 416 g/mol. The summed E-state index contributed by atoms with van der Waals surface area (Å²) < 4.78 is 5.28. The van der Waals surface area contributed by atoms with Crippen LogP contribution in [-0.4, -0.2) is 48.9 Å². The Bertz CT molecular complexity index is 894. The number of piperazine rings is 1. The van der Waals surface area contributed by atoms with Gasteiger partial charge in [-0.05, 0) is 54.1 Å². The lowest BCUT2D eigenvalue weighted by atomic mass is 10.00. The Morgan fingerprint density at radius 3 is 2.75 bits per heavy atom. The molecule has 0 radical (unpaired) electrons. The van der Waals surface area contributed by atoms with E-state index < -0.39 is 0 Å². The summed E-state index contributed by atoms with van der Waals surface area (Å²) in [5.41, 5.74) is 2.48. The molecule has 0 spiro atoms. The first-order valence-electron chi connectivity index (χ1n) is 9.58. The van der Waals surface area contributed by atoms with E-state index in [4.69, 9.17) is 4.42 Å². The molecular weight excluding hydrogens is 390 g/mol. The Kier molecular flexibility index (Phi) is 5.96. The zero-order valence-corrected chi connectivity index (χ0v) is 17.8. The number of rotatable bonds is 6. The molecule has 1 aliphatic rings. The van der Waals surface area contributed by atoms with E-state index in [9.17, 15) is 4.79 Å². The molecular formula is C21H25N3O2S2. The summed E-state index contributed by atoms with van der Waals surface area (Å²) in [6.07, 6.45) is 2.48. The van der Waals surface area contributed by atoms with Crippen molar-refractivity contribution in [1.29, 1.82) is 0 Å². The summed E-state index contributed by atoms with van der Waals surface area (Å²) in [5, 5.41) is 8.39. The summed E-state index contributed by atoms with van der Waals surface area (Å²) in [5.74, 6) is 0.141. The van der Waals surface area contributed by atoms with Gasteiger partial charge in [0.1, 0.15) is 5.00 Å². The normalized spacial score (nSPS) is 16.9. The maximum absolute atomic E-state index is 12.6. The van der Waals surface area contributed by atoms with E-state index in [1.807, 2.05) is 0 Å². The number of nitrogens with zero attached hydrogens (tertiary/aromatic N) is 2. The number of anilines is 1. The third-order valence-corrected chi connectivity index (χ3v) is 7.10. The van der Waals surface area contributed by atoms with Gasteiger partial charge in [0, 0.05) is 36.6 Å². The van der Waals surface area contributed by atoms with Crippen LogP contribution >= 0.6 is 22.7 Å². The molecule has 0 saturated carbocycles. The Morgan fingerprint density at radius 1 is 1.29 bits per heavy atom. The Morgan fingerprint density at radius 2 is 2.11 bits per heavy atom. The number of amides is 1. The van der Waals surface area contributed by atoms with Gasteiger partial charge in [-0.2, -0.15) is 11.3 Å². The van der Waals surface area contributed by atoms with Crippen LogP contribution in [0.1, 0.15) is 39.5 Å². The van der Waals surface area contributed by atoms with E-state index in [-0.39, 0.29) is 11.9 Å². The SMILES string of the molecule is CCc1cc([C@@H](c2ccsc2)N2CCN(C)CC2)c(NC(=O)c2ccco2)s1. The molecule has 0 aromatic carbocycles. The molecule has 4 rings (SSSR count). The molecule has 5 nitrogen and oxygen atoms in total. The summed E-state index contributed by atoms with van der Waals surface area (Å²) >= 11 is 3.39. The topological polar surface area (TPSA) is 48.7 Å². The number of hydrogen-bond acceptors (Lipinski definition) is 6. The summed E-state index contributed by atoms with van der Waals surface area (Å²) in [6, 6.07) is 8.06. The van der Waals surface area contributed by atoms with Gasteiger partial charge in [-0.1, -0.05) is 6.92 Å². The molecule has 3 aromatic heterocycles. The number of thiophene rings is 2. The van der Waals surface area contributed by atoms with Gasteiger partial charge in [-0.15, -0.1) is 11.3 Å². The Labute approximate surface area is 173 Å². The van der Waals surface area contributed by atoms with E-state index in [1.165, 1.54) is 22.3 Å². The maximum Gasteiger partial charge on any atom is 0.291 e. The highest BCUT2D eigenvalue weighted by molar-refractivity contribution is 7.16. The maximum atomic E-state index is 12.6. The molecule has 3 aromatic rings. The van der Waals surface area contributed by atoms with Crippen molar-refractivity contribution in [3.8, 4) is 0 Å². The second kappa shape index (κ2) is 8.61. The molecule has 4 heterocycles. The highest BCUT2D eigenvalue weighted by Crippen LogP contribution is 2.40. The summed E-state index contributed by atoms with van der Waals surface area (Å²) in [4.78, 5) is 18.8. The van der Waals surface area contributed by atoms with Gasteiger partial charge in [-0.25, -0.2) is 0 Å². The first kappa shape index (κ1) is 19.4. The number of hydrogen-bond donors (Lipinski definition) is 1. The third-order valence-electron chi connectivity index (χ3n) is 5.19. The molecule has 148 valence electrons. The molecule has 28 heavy (non-hydrogen) atoms. The highest BCUT2D eigenvalue weighted by Gasteiger charge is 2.29. The van der Waals surface area contributed by atoms with Crippen molar-refractivity contribution >= 4 is 33.6 Å². The van der Waals surface area contributed by atoms with Crippen molar-refractivity contribution in [3.05, 3.63) is 63.1 Å². The fraction of sp³-hybridized carbons (Fsp3) is 0.381. The number of furan rings is 1. The van der Waals surface area contributed by atoms with Crippen LogP contribution in [0.4, 0.5) is 5.00 Å². The van der Waals surface area contributed by atoms with Crippen molar-refractivity contribution in [2.24, 2.45) is 0 Å². The van der Waals surface area contributed by atoms with Crippen molar-refractivity contribution in [1.82, 2.24) is 9.80 Å². The minimum atomic E-state index is -0.196. The van der Waals surface area contributed by atoms with Crippen LogP contribution in [0.15, 0.2) is 45.7 Å². The molecule has 1 saturated heterocycles. The first-order chi connectivity index (χ1) is 13.7. The first-order valence-corrected chi connectivity index (χ1v) is 11.3. The molecule has 1 N–H and O–H groups in total. The second-order valence-electron chi connectivity index (χ2n) is 7.08. The van der Waals surface area contributed by atoms with Crippen molar-refractivity contribution in [2.45, 2.75) is 19.4 Å². The number of carbonyl (C=O) groups excluding carboxylic acids is 1. The molecule has 1 aliphatic heterocycles. The number of nitrogens with one attached hydrogen (secondary N) is 1. The van der Waals surface area contributed by atoms with E-state index in [0.29, 0.717) is 5.76 Å². The highest BCUT2D eigenvalue weighted by atomic mass is 32.1. The standard InChI is InChI=1S/C21H25N3O2S2/c1-3-16-13-17(21(28-16)22-20(25)18-5-4-11-26-18)19(15-6-12-27-14-15)24-9-7-23(2)8-10-24/h4-6,11-14,19H,3,7-10H2,1-2H3,(H,22,25)/t19-/m1/s1. The fourth-order valence-corrected chi connectivity index (χ4v) is 5.31. The van der Waals surface area contributed by atoms with Crippen LogP contribution in [0.5, 0.6) is 0 Å². The fourth-order valence-electron chi connectivity index (χ4n) is 3.60. The van der Waals surface area contributed by atoms with Crippen LogP contribution in [0.3, 0.4) is 0 Å². The smallest absolute Gasteiger partial charge is 0.291 e. The minimum absolute atomic E-state index is 0.156. The van der Waals surface area contributed by atoms with Gasteiger partial charge < -0.3 is 14.6 Å². The molecule has 7 heteroatoms. The average Bonchev–Trinajstić information content (AvgIpc) is 3.46. The van der Waals surface area contributed by atoms with Crippen LogP contribution in [0.2, 0.25) is 0 Å². The number of likely N-dealkylation sites (N-methyl/N-ethyl adjacent to an activating group) is 1. The second-order valence-corrected chi connectivity index (χ2v) is 9.00. The van der Waals surface area contributed by atoms with Gasteiger partial charge >= 0.3 is 0 Å². The van der Waals surface area contributed by atoms with E-state index in [2.05, 4.69) is 52.0 Å². The Hall–Kier alpha value is -1.93. The van der Waals surface area contributed by atoms with Crippen molar-refractivity contribution in [3.63, 3.8) is 0 Å². The van der Waals surface area contributed by atoms with Gasteiger partial charge in [0.25, 0.3) is 5.91 Å². The van der Waals surface area contributed by atoms with Crippen LogP contribution in [0.25, 0.3) is 0 Å². The van der Waals surface area contributed by atoms with Gasteiger partial charge in [0.15, 0.2) is 5.76 Å². The van der Waals surface area contributed by atoms with Crippen LogP contribution in [0, 0.1) is 0 Å². The van der Waals surface area contributed by atoms with Crippen LogP contribution in [-0.2, 0) is 6.42 Å². The van der Waals surface area contributed by atoms with Gasteiger partial charge in [0.2, 0.25) is 0 Å². The molecule has 1 fully saturated rings. The number of aryl methyl sites for hydroxylation is 1. The largest absolute Gasteiger partial charge is 0.459 e. The molecule has 1 amide bonds. The Balaban J connectivity index is 1.69.